The summed E-state index contributed by atoms with van der Waals surface area (Å²) in [7, 11) is -2.19. The summed E-state index contributed by atoms with van der Waals surface area (Å²) in [4.78, 5) is 2.39. The van der Waals surface area contributed by atoms with Crippen LogP contribution in [0.1, 0.15) is 23.6 Å². The average Bonchev–Trinajstić information content (AvgIpc) is 2.59. The second-order valence-corrected chi connectivity index (χ2v) is 8.08. The first kappa shape index (κ1) is 20.3. The molecule has 0 aliphatic carbocycles. The topological polar surface area (TPSA) is 77.0 Å². The Morgan fingerprint density at radius 3 is 2.54 bits per heavy atom. The van der Waals surface area contributed by atoms with Crippen LogP contribution >= 0.6 is 15.9 Å². The fraction of sp³-hybridized carbons (Fsp3) is 0.278. The second-order valence-electron chi connectivity index (χ2n) is 5.57. The van der Waals surface area contributed by atoms with Crippen LogP contribution in [0.3, 0.4) is 0 Å². The number of nitrogens with zero attached hydrogens (tertiary/aromatic N) is 1. The minimum absolute atomic E-state index is 0.170. The van der Waals surface area contributed by atoms with Crippen LogP contribution in [-0.2, 0) is 10.0 Å². The molecule has 0 bridgehead atoms. The van der Waals surface area contributed by atoms with Crippen LogP contribution in [0.25, 0.3) is 0 Å². The second kappa shape index (κ2) is 8.55. The lowest BCUT2D eigenvalue weighted by molar-refractivity contribution is 0.309. The van der Waals surface area contributed by atoms with Crippen LogP contribution < -0.4 is 14.3 Å². The highest BCUT2D eigenvalue weighted by molar-refractivity contribution is 9.10. The Labute approximate surface area is 162 Å². The lowest BCUT2D eigenvalue weighted by atomic mass is 10.1. The maximum Gasteiger partial charge on any atom is 0.276 e. The standard InChI is InChI=1S/C18H21BrN2O4S/c1-5-25-18-16(19)9-14(10-17(18)24-4)11-20-21-26(22,23)15-7-6-12(2)13(3)8-15/h6-11,21H,5H2,1-4H3/b20-11+. The molecular formula is C18H21BrN2O4S. The van der Waals surface area contributed by atoms with Crippen LogP contribution in [0.15, 0.2) is 44.8 Å². The number of hydrogen-bond acceptors (Lipinski definition) is 5. The first-order valence-corrected chi connectivity index (χ1v) is 10.2. The molecule has 8 heteroatoms. The Kier molecular flexibility index (Phi) is 6.66. The van der Waals surface area contributed by atoms with E-state index in [1.54, 1.807) is 30.3 Å². The van der Waals surface area contributed by atoms with Crippen molar-refractivity contribution < 1.29 is 17.9 Å². The molecule has 6 nitrogen and oxygen atoms in total. The Hall–Kier alpha value is -2.06. The Morgan fingerprint density at radius 1 is 1.19 bits per heavy atom. The van der Waals surface area contributed by atoms with Gasteiger partial charge in [0.25, 0.3) is 10.0 Å². The summed E-state index contributed by atoms with van der Waals surface area (Å²) in [6, 6.07) is 8.41. The van der Waals surface area contributed by atoms with Gasteiger partial charge in [-0.2, -0.15) is 13.5 Å². The van der Waals surface area contributed by atoms with E-state index in [4.69, 9.17) is 9.47 Å². The van der Waals surface area contributed by atoms with E-state index in [1.165, 1.54) is 13.3 Å². The van der Waals surface area contributed by atoms with E-state index in [0.717, 1.165) is 11.1 Å². The van der Waals surface area contributed by atoms with Crippen molar-refractivity contribution in [2.45, 2.75) is 25.7 Å². The maximum absolute atomic E-state index is 12.3. The first-order chi connectivity index (χ1) is 12.3. The molecule has 0 aliphatic rings. The van der Waals surface area contributed by atoms with Gasteiger partial charge in [-0.3, -0.25) is 0 Å². The third-order valence-corrected chi connectivity index (χ3v) is 5.52. The molecule has 1 N–H and O–H groups in total. The minimum atomic E-state index is -3.73. The van der Waals surface area contributed by atoms with Gasteiger partial charge in [-0.05, 0) is 77.7 Å². The first-order valence-electron chi connectivity index (χ1n) is 7.91. The molecule has 140 valence electrons. The summed E-state index contributed by atoms with van der Waals surface area (Å²) in [5.74, 6) is 1.11. The molecule has 0 unspecified atom stereocenters. The van der Waals surface area contributed by atoms with Gasteiger partial charge >= 0.3 is 0 Å². The number of halogens is 1. The number of sulfonamides is 1. The number of benzene rings is 2. The summed E-state index contributed by atoms with van der Waals surface area (Å²) >= 11 is 3.42. The molecule has 0 saturated carbocycles. The average molecular weight is 441 g/mol. The lowest BCUT2D eigenvalue weighted by Crippen LogP contribution is -2.18. The largest absolute Gasteiger partial charge is 0.493 e. The molecule has 0 atom stereocenters. The van der Waals surface area contributed by atoms with E-state index in [1.807, 2.05) is 20.8 Å². The fourth-order valence-corrected chi connectivity index (χ4v) is 3.65. The van der Waals surface area contributed by atoms with Crippen molar-refractivity contribution in [3.05, 3.63) is 51.5 Å². The van der Waals surface area contributed by atoms with Crippen molar-refractivity contribution in [3.63, 3.8) is 0 Å². The molecule has 2 aromatic rings. The Bertz CT molecular complexity index is 927. The third-order valence-electron chi connectivity index (χ3n) is 3.72. The van der Waals surface area contributed by atoms with E-state index in [2.05, 4.69) is 25.9 Å². The van der Waals surface area contributed by atoms with E-state index >= 15 is 0 Å². The van der Waals surface area contributed by atoms with Gasteiger partial charge < -0.3 is 9.47 Å². The molecule has 0 heterocycles. The lowest BCUT2D eigenvalue weighted by Gasteiger charge is -2.12. The monoisotopic (exact) mass is 440 g/mol. The van der Waals surface area contributed by atoms with Gasteiger partial charge in [-0.25, -0.2) is 4.83 Å². The van der Waals surface area contributed by atoms with E-state index in [-0.39, 0.29) is 4.90 Å². The Morgan fingerprint density at radius 2 is 1.92 bits per heavy atom. The van der Waals surface area contributed by atoms with Gasteiger partial charge in [0.2, 0.25) is 0 Å². The minimum Gasteiger partial charge on any atom is -0.493 e. The quantitative estimate of drug-likeness (QED) is 0.524. The molecule has 0 amide bonds. The number of ether oxygens (including phenoxy) is 2. The summed E-state index contributed by atoms with van der Waals surface area (Å²) < 4.78 is 36.2. The summed E-state index contributed by atoms with van der Waals surface area (Å²) in [5.41, 5.74) is 2.58. The van der Waals surface area contributed by atoms with Gasteiger partial charge in [-0.15, -0.1) is 0 Å². The molecule has 0 saturated heterocycles. The molecule has 0 aliphatic heterocycles. The molecular weight excluding hydrogens is 420 g/mol. The van der Waals surface area contributed by atoms with Crippen molar-refractivity contribution >= 4 is 32.2 Å². The van der Waals surface area contributed by atoms with Crippen molar-refractivity contribution in [2.75, 3.05) is 13.7 Å². The zero-order chi connectivity index (χ0) is 19.3. The Balaban J connectivity index is 2.21. The van der Waals surface area contributed by atoms with Crippen LogP contribution in [0.5, 0.6) is 11.5 Å². The highest BCUT2D eigenvalue weighted by Crippen LogP contribution is 2.36. The van der Waals surface area contributed by atoms with Gasteiger partial charge in [0, 0.05) is 0 Å². The zero-order valence-electron chi connectivity index (χ0n) is 15.0. The predicted molar refractivity (Wildman–Crippen MR) is 106 cm³/mol. The molecule has 0 fully saturated rings. The van der Waals surface area contributed by atoms with Gasteiger partial charge in [0.05, 0.1) is 29.3 Å². The zero-order valence-corrected chi connectivity index (χ0v) is 17.4. The molecule has 26 heavy (non-hydrogen) atoms. The molecule has 2 rings (SSSR count). The number of rotatable bonds is 7. The van der Waals surface area contributed by atoms with E-state index < -0.39 is 10.0 Å². The third kappa shape index (κ3) is 4.76. The van der Waals surface area contributed by atoms with Gasteiger partial charge in [-0.1, -0.05) is 6.07 Å². The number of nitrogens with one attached hydrogen (secondary N) is 1. The van der Waals surface area contributed by atoms with Crippen molar-refractivity contribution in [1.29, 1.82) is 0 Å². The van der Waals surface area contributed by atoms with Crippen molar-refractivity contribution in [3.8, 4) is 11.5 Å². The van der Waals surface area contributed by atoms with Crippen LogP contribution in [-0.4, -0.2) is 28.3 Å². The van der Waals surface area contributed by atoms with Gasteiger partial charge in [0.1, 0.15) is 0 Å². The predicted octanol–water partition coefficient (Wildman–Crippen LogP) is 3.79. The summed E-state index contributed by atoms with van der Waals surface area (Å²) in [5, 5.41) is 3.85. The van der Waals surface area contributed by atoms with Gasteiger partial charge in [0.15, 0.2) is 11.5 Å². The number of aryl methyl sites for hydroxylation is 2. The summed E-state index contributed by atoms with van der Waals surface area (Å²) in [6.07, 6.45) is 1.40. The normalized spacial score (nSPS) is 11.6. The van der Waals surface area contributed by atoms with Crippen molar-refractivity contribution in [1.82, 2.24) is 4.83 Å². The van der Waals surface area contributed by atoms with Crippen LogP contribution in [0, 0.1) is 13.8 Å². The number of methoxy groups -OCH3 is 1. The molecule has 0 aromatic heterocycles. The molecule has 2 aromatic carbocycles. The van der Waals surface area contributed by atoms with E-state index in [0.29, 0.717) is 28.1 Å². The fourth-order valence-electron chi connectivity index (χ4n) is 2.20. The molecule has 0 spiro atoms. The molecule has 0 radical (unpaired) electrons. The number of hydrogen-bond donors (Lipinski definition) is 1. The smallest absolute Gasteiger partial charge is 0.276 e. The summed E-state index contributed by atoms with van der Waals surface area (Å²) in [6.45, 7) is 6.16. The van der Waals surface area contributed by atoms with Crippen molar-refractivity contribution in [2.24, 2.45) is 5.10 Å². The highest BCUT2D eigenvalue weighted by Gasteiger charge is 2.14. The SMILES string of the molecule is CCOc1c(Br)cc(/C=N/NS(=O)(=O)c2ccc(C)c(C)c2)cc1OC. The van der Waals surface area contributed by atoms with E-state index in [9.17, 15) is 8.42 Å². The van der Waals surface area contributed by atoms with Crippen LogP contribution in [0.4, 0.5) is 0 Å². The number of hydrazone groups is 1. The van der Waals surface area contributed by atoms with Crippen LogP contribution in [0.2, 0.25) is 0 Å². The highest BCUT2D eigenvalue weighted by atomic mass is 79.9. The maximum atomic E-state index is 12.3.